The number of aliphatic hydroxyl groups excluding tert-OH is 1. The molecule has 2 aromatic rings. The minimum Gasteiger partial charge on any atom is -0.493 e. The van der Waals surface area contributed by atoms with Crippen LogP contribution in [0.5, 0.6) is 5.75 Å². The summed E-state index contributed by atoms with van der Waals surface area (Å²) in [5.41, 5.74) is -1.90. The highest BCUT2D eigenvalue weighted by atomic mass is 16.7. The van der Waals surface area contributed by atoms with Crippen LogP contribution in [0.1, 0.15) is 81.1 Å². The highest BCUT2D eigenvalue weighted by Gasteiger charge is 2.60. The highest BCUT2D eigenvalue weighted by Crippen LogP contribution is 2.43. The zero-order valence-corrected chi connectivity index (χ0v) is 35.4. The van der Waals surface area contributed by atoms with Crippen molar-refractivity contribution in [2.75, 3.05) is 34.4 Å². The smallest absolute Gasteiger partial charge is 0.410 e. The van der Waals surface area contributed by atoms with Gasteiger partial charge in [-0.1, -0.05) is 33.8 Å². The van der Waals surface area contributed by atoms with Crippen LogP contribution in [0.3, 0.4) is 0 Å². The van der Waals surface area contributed by atoms with Crippen molar-refractivity contribution in [1.82, 2.24) is 14.8 Å². The van der Waals surface area contributed by atoms with E-state index in [1.807, 2.05) is 63.2 Å². The van der Waals surface area contributed by atoms with Gasteiger partial charge in [0.05, 0.1) is 36.0 Å². The number of pyridine rings is 1. The maximum atomic E-state index is 14.7. The van der Waals surface area contributed by atoms with Crippen LogP contribution in [0.15, 0.2) is 36.5 Å². The zero-order chi connectivity index (χ0) is 42.0. The van der Waals surface area contributed by atoms with Gasteiger partial charge in [0.15, 0.2) is 17.7 Å². The molecule has 1 aromatic heterocycles. The first-order valence-corrected chi connectivity index (χ1v) is 20.3. The number of cyclic esters (lactones) is 1. The predicted octanol–water partition coefficient (Wildman–Crippen LogP) is 5.21. The predicted molar refractivity (Wildman–Crippen MR) is 211 cm³/mol. The molecule has 0 unspecified atom stereocenters. The number of Topliss-reactive ketones (excluding diaryl/α,β-unsaturated/α-hetero) is 2. The number of rotatable bonds is 10. The summed E-state index contributed by atoms with van der Waals surface area (Å²) in [7, 11) is 5.23. The Morgan fingerprint density at radius 2 is 1.74 bits per heavy atom. The molecule has 0 aliphatic carbocycles. The van der Waals surface area contributed by atoms with E-state index in [2.05, 4.69) is 4.98 Å². The first-order valence-electron chi connectivity index (χ1n) is 20.3. The fourth-order valence-electron chi connectivity index (χ4n) is 9.27. The van der Waals surface area contributed by atoms with Crippen molar-refractivity contribution in [3.8, 4) is 5.75 Å². The van der Waals surface area contributed by atoms with Crippen LogP contribution in [-0.2, 0) is 38.1 Å². The van der Waals surface area contributed by atoms with Crippen LogP contribution in [0, 0.1) is 23.7 Å². The molecule has 13 atom stereocenters. The van der Waals surface area contributed by atoms with Gasteiger partial charge in [-0.25, -0.2) is 4.79 Å². The molecule has 3 aliphatic heterocycles. The Labute approximate surface area is 336 Å². The molecule has 14 heteroatoms. The van der Waals surface area contributed by atoms with E-state index in [0.717, 1.165) is 10.9 Å². The van der Waals surface area contributed by atoms with Crippen molar-refractivity contribution in [2.45, 2.75) is 135 Å². The molecule has 1 aromatic carbocycles. The Hall–Kier alpha value is -3.69. The molecule has 3 fully saturated rings. The first kappa shape index (κ1) is 44.4. The van der Waals surface area contributed by atoms with Crippen molar-refractivity contribution >= 4 is 34.5 Å². The lowest BCUT2D eigenvalue weighted by molar-refractivity contribution is -0.295. The summed E-state index contributed by atoms with van der Waals surface area (Å²) in [6.45, 7) is 14.4. The lowest BCUT2D eigenvalue weighted by Crippen LogP contribution is -2.60. The molecule has 1 N–H and O–H groups in total. The lowest BCUT2D eigenvalue weighted by atomic mass is 9.73. The topological polar surface area (TPSA) is 163 Å². The first-order chi connectivity index (χ1) is 26.9. The SMILES string of the molecule is CC[C@H]1OC(=O)[C@H](C)C(=O)[C@H](C)[C@@H](O[C@@H]2O[C@H](C)C[C@H](N(C)C)[C@H]2O)[C@](C)(OC)C[C@@H](C)C(=O)[C@H](C)[C@H]2N(CCCOc3ccc4cccnc4c3)C(=O)O[C@]12C. The van der Waals surface area contributed by atoms with Crippen LogP contribution in [0.25, 0.3) is 10.9 Å². The van der Waals surface area contributed by atoms with E-state index < -0.39 is 83.4 Å². The maximum Gasteiger partial charge on any atom is 0.410 e. The largest absolute Gasteiger partial charge is 0.493 e. The van der Waals surface area contributed by atoms with Crippen molar-refractivity contribution in [2.24, 2.45) is 23.7 Å². The van der Waals surface area contributed by atoms with Crippen molar-refractivity contribution in [3.05, 3.63) is 36.5 Å². The number of hydrogen-bond donors (Lipinski definition) is 1. The molecule has 0 spiro atoms. The number of aliphatic hydroxyl groups is 1. The maximum absolute atomic E-state index is 14.7. The summed E-state index contributed by atoms with van der Waals surface area (Å²) in [6, 6.07) is 8.39. The Bertz CT molecular complexity index is 1760. The third-order valence-corrected chi connectivity index (χ3v) is 12.6. The van der Waals surface area contributed by atoms with Gasteiger partial charge in [0.25, 0.3) is 0 Å². The molecule has 3 aliphatic rings. The molecule has 316 valence electrons. The van der Waals surface area contributed by atoms with Crippen LogP contribution < -0.4 is 4.74 Å². The molecule has 14 nitrogen and oxygen atoms in total. The van der Waals surface area contributed by atoms with Crippen LogP contribution in [0.2, 0.25) is 0 Å². The number of nitrogens with zero attached hydrogens (tertiary/aromatic N) is 3. The van der Waals surface area contributed by atoms with Gasteiger partial charge in [-0.3, -0.25) is 19.4 Å². The molecule has 57 heavy (non-hydrogen) atoms. The molecule has 0 radical (unpaired) electrons. The Morgan fingerprint density at radius 1 is 1.02 bits per heavy atom. The van der Waals surface area contributed by atoms with Crippen molar-refractivity contribution in [1.29, 1.82) is 0 Å². The number of methoxy groups -OCH3 is 1. The van der Waals surface area contributed by atoms with Crippen molar-refractivity contribution < 1.29 is 52.7 Å². The minimum atomic E-state index is -1.43. The summed E-state index contributed by atoms with van der Waals surface area (Å²) in [5, 5.41) is 12.4. The van der Waals surface area contributed by atoms with E-state index in [4.69, 9.17) is 28.4 Å². The number of amides is 1. The van der Waals surface area contributed by atoms with Crippen molar-refractivity contribution in [3.63, 3.8) is 0 Å². The molecular formula is C43H63N3O11. The molecular weight excluding hydrogens is 734 g/mol. The number of likely N-dealkylation sites (N-methyl/N-ethyl adjacent to an activating group) is 1. The summed E-state index contributed by atoms with van der Waals surface area (Å²) in [4.78, 5) is 64.6. The summed E-state index contributed by atoms with van der Waals surface area (Å²) in [5.74, 6) is -4.40. The fraction of sp³-hybridized carbons (Fsp3) is 0.698. The highest BCUT2D eigenvalue weighted by molar-refractivity contribution is 6.00. The number of esters is 1. The van der Waals surface area contributed by atoms with Gasteiger partial charge < -0.3 is 43.3 Å². The van der Waals surface area contributed by atoms with Crippen LogP contribution in [0.4, 0.5) is 4.79 Å². The Balaban J connectivity index is 1.45. The van der Waals surface area contributed by atoms with E-state index in [9.17, 15) is 24.3 Å². The summed E-state index contributed by atoms with van der Waals surface area (Å²) >= 11 is 0. The van der Waals surface area contributed by atoms with Gasteiger partial charge in [-0.05, 0) is 85.7 Å². The van der Waals surface area contributed by atoms with E-state index in [1.54, 1.807) is 45.7 Å². The molecule has 5 rings (SSSR count). The Kier molecular flexibility index (Phi) is 14.1. The van der Waals surface area contributed by atoms with Gasteiger partial charge in [-0.15, -0.1) is 0 Å². The van der Waals surface area contributed by atoms with Gasteiger partial charge in [0, 0.05) is 55.1 Å². The minimum absolute atomic E-state index is 0.118. The third-order valence-electron chi connectivity index (χ3n) is 12.6. The second-order valence-corrected chi connectivity index (χ2v) is 16.9. The molecule has 1 amide bonds. The fourth-order valence-corrected chi connectivity index (χ4v) is 9.27. The molecule has 3 saturated heterocycles. The van der Waals surface area contributed by atoms with Gasteiger partial charge in [0.1, 0.15) is 29.7 Å². The standard InChI is InChI=1S/C43H63N3O11/c1-12-33-43(8)37(46(41(51)57-43)19-14-20-53-30-17-16-29-15-13-18-44-31(29)22-30)26(4)34(47)24(2)23-42(7,52-11)38(27(5)35(48)28(6)39(50)55-33)56-40-36(49)32(45(9)10)21-25(3)54-40/h13,15-18,22,24-28,32-33,36-38,40,49H,12,14,19-21,23H2,1-11H3/t24-,25-,26+,27+,28-,32+,33-,36-,37-,38-,40+,42-,43-/m1/s1. The van der Waals surface area contributed by atoms with Gasteiger partial charge >= 0.3 is 12.1 Å². The van der Waals surface area contributed by atoms with Gasteiger partial charge in [0.2, 0.25) is 0 Å². The molecule has 4 heterocycles. The average molecular weight is 798 g/mol. The number of hydrogen-bond acceptors (Lipinski definition) is 13. The number of fused-ring (bicyclic) bond motifs is 2. The number of carbonyl (C=O) groups is 4. The van der Waals surface area contributed by atoms with E-state index in [0.29, 0.717) is 18.6 Å². The summed E-state index contributed by atoms with van der Waals surface area (Å²) < 4.78 is 37.2. The number of aromatic nitrogens is 1. The van der Waals surface area contributed by atoms with Gasteiger partial charge in [-0.2, -0.15) is 0 Å². The normalized spacial score (nSPS) is 37.1. The Morgan fingerprint density at radius 3 is 2.40 bits per heavy atom. The lowest BCUT2D eigenvalue weighted by Gasteiger charge is -2.47. The number of ether oxygens (including phenoxy) is 6. The summed E-state index contributed by atoms with van der Waals surface area (Å²) in [6.07, 6.45) is -2.02. The van der Waals surface area contributed by atoms with E-state index in [-0.39, 0.29) is 43.9 Å². The number of benzene rings is 1. The third kappa shape index (κ3) is 9.15. The van der Waals surface area contributed by atoms with E-state index >= 15 is 0 Å². The monoisotopic (exact) mass is 797 g/mol. The van der Waals surface area contributed by atoms with Crippen LogP contribution in [-0.4, -0.2) is 132 Å². The van der Waals surface area contributed by atoms with Crippen LogP contribution >= 0.6 is 0 Å². The van der Waals surface area contributed by atoms with E-state index in [1.165, 1.54) is 14.0 Å². The second kappa shape index (κ2) is 18.1. The number of ketones is 2. The second-order valence-electron chi connectivity index (χ2n) is 16.9. The zero-order valence-electron chi connectivity index (χ0n) is 35.4. The molecule has 0 bridgehead atoms. The molecule has 0 saturated carbocycles. The quantitative estimate of drug-likeness (QED) is 0.190. The number of carbonyl (C=O) groups excluding carboxylic acids is 4. The average Bonchev–Trinajstić information content (AvgIpc) is 3.45.